The summed E-state index contributed by atoms with van der Waals surface area (Å²) in [6.45, 7) is 5.36. The topological polar surface area (TPSA) is 99.6 Å². The highest BCUT2D eigenvalue weighted by Crippen LogP contribution is 2.27. The van der Waals surface area contributed by atoms with Crippen LogP contribution in [0.5, 0.6) is 0 Å². The molecule has 3 aromatic carbocycles. The van der Waals surface area contributed by atoms with Crippen molar-refractivity contribution in [1.29, 1.82) is 0 Å². The highest BCUT2D eigenvalue weighted by molar-refractivity contribution is 6.13. The Balaban J connectivity index is 1.86. The zero-order chi connectivity index (χ0) is 28.0. The first kappa shape index (κ1) is 27.4. The third-order valence-electron chi connectivity index (χ3n) is 6.10. The maximum absolute atomic E-state index is 13.6. The molecule has 0 amide bonds. The molecule has 0 fully saturated rings. The maximum atomic E-state index is 13.6. The lowest BCUT2D eigenvalue weighted by Crippen LogP contribution is -2.33. The molecule has 4 aromatic rings. The number of carbonyl (C=O) groups is 1. The Morgan fingerprint density at radius 1 is 0.949 bits per heavy atom. The molecule has 0 aliphatic heterocycles. The minimum atomic E-state index is -1.04. The lowest BCUT2D eigenvalue weighted by Gasteiger charge is -2.23. The van der Waals surface area contributed by atoms with Crippen LogP contribution in [0.15, 0.2) is 96.0 Å². The number of ether oxygens (including phenoxy) is 1. The highest BCUT2D eigenvalue weighted by Gasteiger charge is 2.33. The zero-order valence-electron chi connectivity index (χ0n) is 22.6. The van der Waals surface area contributed by atoms with Gasteiger partial charge in [-0.3, -0.25) is 4.99 Å². The summed E-state index contributed by atoms with van der Waals surface area (Å²) < 4.78 is 7.29. The summed E-state index contributed by atoms with van der Waals surface area (Å²) in [6.07, 6.45) is 0.382. The predicted octanol–water partition coefficient (Wildman–Crippen LogP) is 5.71. The molecule has 0 aliphatic carbocycles. The fourth-order valence-electron chi connectivity index (χ4n) is 4.36. The Bertz CT molecular complexity index is 1420. The van der Waals surface area contributed by atoms with Crippen LogP contribution < -0.4 is 0 Å². The van der Waals surface area contributed by atoms with Crippen molar-refractivity contribution in [3.05, 3.63) is 129 Å². The van der Waals surface area contributed by atoms with Crippen molar-refractivity contribution in [3.63, 3.8) is 0 Å². The van der Waals surface area contributed by atoms with Gasteiger partial charge >= 0.3 is 11.8 Å². The number of rotatable bonds is 9. The average molecular weight is 525 g/mol. The first-order valence-corrected chi connectivity index (χ1v) is 12.8. The van der Waals surface area contributed by atoms with Gasteiger partial charge in [-0.05, 0) is 31.3 Å². The second-order valence-electron chi connectivity index (χ2n) is 10.3. The zero-order valence-corrected chi connectivity index (χ0v) is 22.6. The Labute approximate surface area is 228 Å². The van der Waals surface area contributed by atoms with E-state index in [1.54, 1.807) is 27.8 Å². The summed E-state index contributed by atoms with van der Waals surface area (Å²) in [5, 5.41) is 16.3. The van der Waals surface area contributed by atoms with Crippen molar-refractivity contribution in [2.75, 3.05) is 0 Å². The number of nitrogens with zero attached hydrogens (tertiary/aromatic N) is 4. The number of nitro groups is 1. The molecule has 8 heteroatoms. The molecule has 8 nitrogen and oxygen atoms in total. The smallest absolute Gasteiger partial charge is 0.393 e. The summed E-state index contributed by atoms with van der Waals surface area (Å²) in [4.78, 5) is 30.1. The lowest BCUT2D eigenvalue weighted by atomic mass is 9.99. The lowest BCUT2D eigenvalue weighted by molar-refractivity contribution is -0.390. The van der Waals surface area contributed by atoms with Crippen LogP contribution in [0, 0.1) is 10.1 Å². The van der Waals surface area contributed by atoms with Gasteiger partial charge in [0.1, 0.15) is 5.60 Å². The molecule has 1 heterocycles. The number of aryl methyl sites for hydroxylation is 1. The number of hydrogen-bond acceptors (Lipinski definition) is 6. The molecule has 1 atom stereocenters. The normalized spacial score (nSPS) is 12.0. The van der Waals surface area contributed by atoms with Crippen molar-refractivity contribution < 1.29 is 14.5 Å². The molecule has 1 aromatic heterocycles. The standard InChI is InChI=1S/C31H32N4O4/c1-31(2,3)39-30(36)26(32-28(23-16-10-6-11-17-23)24-18-12-7-13-19-24)21-25-27(20-22-14-8-5-9-15-22)34(4)33-29(25)35(37)38/h5-19,26H,20-21H2,1-4H3/t26-/m0/s1. The van der Waals surface area contributed by atoms with Gasteiger partial charge in [0.05, 0.1) is 29.1 Å². The van der Waals surface area contributed by atoms with Crippen LogP contribution in [0.2, 0.25) is 0 Å². The van der Waals surface area contributed by atoms with Gasteiger partial charge in [-0.15, -0.1) is 0 Å². The summed E-state index contributed by atoms with van der Waals surface area (Å²) in [5.41, 5.74) is 3.47. The van der Waals surface area contributed by atoms with E-state index < -0.39 is 22.5 Å². The van der Waals surface area contributed by atoms with E-state index in [1.807, 2.05) is 91.0 Å². The van der Waals surface area contributed by atoms with E-state index in [0.717, 1.165) is 16.7 Å². The third kappa shape index (κ3) is 7.04. The summed E-state index contributed by atoms with van der Waals surface area (Å²) in [6, 6.07) is 27.7. The van der Waals surface area contributed by atoms with E-state index in [9.17, 15) is 14.9 Å². The number of hydrogen-bond donors (Lipinski definition) is 0. The maximum Gasteiger partial charge on any atom is 0.393 e. The SMILES string of the molecule is Cn1nc([N+](=O)[O-])c(C[C@H](N=C(c2ccccc2)c2ccccc2)C(=O)OC(C)(C)C)c1Cc1ccccc1. The van der Waals surface area contributed by atoms with E-state index in [-0.39, 0.29) is 12.2 Å². The van der Waals surface area contributed by atoms with Crippen molar-refractivity contribution >= 4 is 17.5 Å². The molecule has 0 radical (unpaired) electrons. The van der Waals surface area contributed by atoms with Gasteiger partial charge in [0, 0.05) is 24.0 Å². The van der Waals surface area contributed by atoms with Crippen LogP contribution in [0.4, 0.5) is 5.82 Å². The average Bonchev–Trinajstić information content (AvgIpc) is 3.22. The molecule has 39 heavy (non-hydrogen) atoms. The van der Waals surface area contributed by atoms with Crippen molar-refractivity contribution in [2.24, 2.45) is 12.0 Å². The van der Waals surface area contributed by atoms with Crippen LogP contribution in [0.3, 0.4) is 0 Å². The second-order valence-corrected chi connectivity index (χ2v) is 10.3. The monoisotopic (exact) mass is 524 g/mol. The van der Waals surface area contributed by atoms with Crippen LogP contribution in [0.1, 0.15) is 48.7 Å². The van der Waals surface area contributed by atoms with E-state index in [4.69, 9.17) is 9.73 Å². The number of esters is 1. The summed E-state index contributed by atoms with van der Waals surface area (Å²) in [7, 11) is 1.68. The van der Waals surface area contributed by atoms with E-state index in [2.05, 4.69) is 5.10 Å². The highest BCUT2D eigenvalue weighted by atomic mass is 16.6. The number of aliphatic imine (C=N–C) groups is 1. The van der Waals surface area contributed by atoms with E-state index in [0.29, 0.717) is 23.4 Å². The molecule has 0 aliphatic rings. The molecule has 0 spiro atoms. The van der Waals surface area contributed by atoms with Crippen LogP contribution >= 0.6 is 0 Å². The number of benzene rings is 3. The first-order valence-electron chi connectivity index (χ1n) is 12.8. The second kappa shape index (κ2) is 11.9. The third-order valence-corrected chi connectivity index (χ3v) is 6.10. The van der Waals surface area contributed by atoms with Crippen molar-refractivity contribution in [3.8, 4) is 0 Å². The molecule has 4 rings (SSSR count). The molecule has 0 bridgehead atoms. The van der Waals surface area contributed by atoms with Gasteiger partial charge in [-0.25, -0.2) is 4.79 Å². The Morgan fingerprint density at radius 3 is 1.95 bits per heavy atom. The fourth-order valence-corrected chi connectivity index (χ4v) is 4.36. The van der Waals surface area contributed by atoms with E-state index >= 15 is 0 Å². The molecule has 0 N–H and O–H groups in total. The quantitative estimate of drug-likeness (QED) is 0.121. The first-order chi connectivity index (χ1) is 18.6. The van der Waals surface area contributed by atoms with Gasteiger partial charge in [0.2, 0.25) is 0 Å². The molecule has 200 valence electrons. The Kier molecular flexibility index (Phi) is 8.34. The van der Waals surface area contributed by atoms with Crippen molar-refractivity contribution in [1.82, 2.24) is 9.78 Å². The number of aromatic nitrogens is 2. The molecular weight excluding hydrogens is 492 g/mol. The van der Waals surface area contributed by atoms with Gasteiger partial charge in [0.25, 0.3) is 0 Å². The van der Waals surface area contributed by atoms with Crippen LogP contribution in [-0.2, 0) is 29.4 Å². The van der Waals surface area contributed by atoms with Gasteiger partial charge in [-0.2, -0.15) is 4.68 Å². The Hall–Kier alpha value is -4.59. The van der Waals surface area contributed by atoms with Crippen molar-refractivity contribution in [2.45, 2.75) is 45.3 Å². The fraction of sp³-hybridized carbons (Fsp3) is 0.258. The largest absolute Gasteiger partial charge is 0.458 e. The Morgan fingerprint density at radius 2 is 1.46 bits per heavy atom. The van der Waals surface area contributed by atoms with E-state index in [1.165, 1.54) is 4.68 Å². The van der Waals surface area contributed by atoms with Gasteiger partial charge < -0.3 is 14.9 Å². The summed E-state index contributed by atoms with van der Waals surface area (Å²) >= 11 is 0. The summed E-state index contributed by atoms with van der Waals surface area (Å²) in [5.74, 6) is -0.844. The molecule has 0 unspecified atom stereocenters. The van der Waals surface area contributed by atoms with Gasteiger partial charge in [-0.1, -0.05) is 91.0 Å². The van der Waals surface area contributed by atoms with Crippen LogP contribution in [-0.4, -0.2) is 38.0 Å². The predicted molar refractivity (Wildman–Crippen MR) is 151 cm³/mol. The molecule has 0 saturated heterocycles. The minimum Gasteiger partial charge on any atom is -0.458 e. The van der Waals surface area contributed by atoms with Gasteiger partial charge in [0.15, 0.2) is 6.04 Å². The van der Waals surface area contributed by atoms with Crippen LogP contribution in [0.25, 0.3) is 0 Å². The number of carbonyl (C=O) groups excluding carboxylic acids is 1. The molecular formula is C31H32N4O4. The minimum absolute atomic E-state index is 0.0373. The molecule has 0 saturated carbocycles.